The minimum Gasteiger partial charge on any atom is -0.497 e. The molecule has 3 aromatic carbocycles. The molecule has 0 radical (unpaired) electrons. The molecule has 0 saturated heterocycles. The number of fused-ring (bicyclic) bond motifs is 1. The Morgan fingerprint density at radius 3 is 2.45 bits per heavy atom. The Kier molecular flexibility index (Phi) is 5.21. The van der Waals surface area contributed by atoms with Crippen LogP contribution in [0, 0.1) is 11.7 Å². The molecule has 29 heavy (non-hydrogen) atoms. The fourth-order valence-corrected chi connectivity index (χ4v) is 3.43. The van der Waals surface area contributed by atoms with E-state index in [1.54, 1.807) is 30.1 Å². The molecule has 0 aliphatic carbocycles. The number of hydrogen-bond acceptors (Lipinski definition) is 3. The average Bonchev–Trinajstić information content (AvgIpc) is 3.15. The lowest BCUT2D eigenvalue weighted by atomic mass is 9.98. The fourth-order valence-electron chi connectivity index (χ4n) is 3.43. The fraction of sp³-hybridized carbons (Fsp3) is 0.208. The van der Waals surface area contributed by atoms with E-state index in [9.17, 15) is 4.39 Å². The molecule has 0 bridgehead atoms. The van der Waals surface area contributed by atoms with Gasteiger partial charge in [0.05, 0.1) is 24.5 Å². The molecule has 4 aromatic rings. The van der Waals surface area contributed by atoms with Crippen LogP contribution in [-0.4, -0.2) is 16.9 Å². The second kappa shape index (κ2) is 7.95. The summed E-state index contributed by atoms with van der Waals surface area (Å²) in [5.41, 5.74) is 2.82. The molecule has 5 heteroatoms. The molecular formula is C24H23FN2O2. The highest BCUT2D eigenvalue weighted by molar-refractivity contribution is 5.81. The van der Waals surface area contributed by atoms with E-state index in [4.69, 9.17) is 9.47 Å². The summed E-state index contributed by atoms with van der Waals surface area (Å²) < 4.78 is 26.7. The van der Waals surface area contributed by atoms with Crippen molar-refractivity contribution in [2.75, 3.05) is 7.11 Å². The van der Waals surface area contributed by atoms with E-state index < -0.39 is 0 Å². The van der Waals surface area contributed by atoms with Gasteiger partial charge in [-0.1, -0.05) is 26.0 Å². The normalized spacial score (nSPS) is 12.3. The molecule has 0 unspecified atom stereocenters. The molecule has 4 rings (SSSR count). The number of nitrogens with zero attached hydrogens (tertiary/aromatic N) is 2. The van der Waals surface area contributed by atoms with E-state index in [0.717, 1.165) is 33.7 Å². The van der Waals surface area contributed by atoms with Crippen LogP contribution in [0.5, 0.6) is 11.5 Å². The molecule has 148 valence electrons. The standard InChI is InChI=1S/C24H23FN2O2/c1-16(2)24(17-5-4-6-21(13-17)28-3)29-22-11-12-23-18(14-22)15-26-27(23)20-9-7-19(25)8-10-20/h4-16,24H,1-3H3/t24-/m0/s1. The Balaban J connectivity index is 1.64. The number of hydrogen-bond donors (Lipinski definition) is 0. The second-order valence-electron chi connectivity index (χ2n) is 7.31. The number of halogens is 1. The molecule has 0 aliphatic rings. The molecule has 0 spiro atoms. The second-order valence-corrected chi connectivity index (χ2v) is 7.31. The molecule has 0 fully saturated rings. The Bertz CT molecular complexity index is 1120. The first-order chi connectivity index (χ1) is 14.0. The highest BCUT2D eigenvalue weighted by Gasteiger charge is 2.19. The van der Waals surface area contributed by atoms with Gasteiger partial charge in [-0.2, -0.15) is 5.10 Å². The van der Waals surface area contributed by atoms with Crippen molar-refractivity contribution < 1.29 is 13.9 Å². The molecule has 0 amide bonds. The molecule has 4 nitrogen and oxygen atoms in total. The van der Waals surface area contributed by atoms with Crippen molar-refractivity contribution in [3.63, 3.8) is 0 Å². The maximum Gasteiger partial charge on any atom is 0.126 e. The van der Waals surface area contributed by atoms with Crippen LogP contribution in [0.4, 0.5) is 4.39 Å². The van der Waals surface area contributed by atoms with Gasteiger partial charge in [-0.3, -0.25) is 0 Å². The third-order valence-electron chi connectivity index (χ3n) is 4.90. The number of ether oxygens (including phenoxy) is 2. The van der Waals surface area contributed by atoms with Gasteiger partial charge >= 0.3 is 0 Å². The largest absolute Gasteiger partial charge is 0.497 e. The summed E-state index contributed by atoms with van der Waals surface area (Å²) in [4.78, 5) is 0. The highest BCUT2D eigenvalue weighted by Crippen LogP contribution is 2.32. The van der Waals surface area contributed by atoms with Gasteiger partial charge in [-0.25, -0.2) is 9.07 Å². The Morgan fingerprint density at radius 1 is 0.931 bits per heavy atom. The van der Waals surface area contributed by atoms with Crippen molar-refractivity contribution in [1.82, 2.24) is 9.78 Å². The van der Waals surface area contributed by atoms with Crippen LogP contribution in [0.15, 0.2) is 72.9 Å². The highest BCUT2D eigenvalue weighted by atomic mass is 19.1. The lowest BCUT2D eigenvalue weighted by Gasteiger charge is -2.23. The third-order valence-corrected chi connectivity index (χ3v) is 4.90. The molecule has 1 aromatic heterocycles. The van der Waals surface area contributed by atoms with E-state index in [2.05, 4.69) is 25.0 Å². The van der Waals surface area contributed by atoms with Gasteiger partial charge in [0.1, 0.15) is 23.4 Å². The molecular weight excluding hydrogens is 367 g/mol. The average molecular weight is 390 g/mol. The lowest BCUT2D eigenvalue weighted by molar-refractivity contribution is 0.153. The van der Waals surface area contributed by atoms with Gasteiger partial charge in [0.15, 0.2) is 0 Å². The van der Waals surface area contributed by atoms with Gasteiger partial charge in [-0.15, -0.1) is 0 Å². The summed E-state index contributed by atoms with van der Waals surface area (Å²) in [6.07, 6.45) is 1.69. The third kappa shape index (κ3) is 3.94. The number of rotatable bonds is 6. The van der Waals surface area contributed by atoms with Gasteiger partial charge < -0.3 is 9.47 Å². The molecule has 0 aliphatic heterocycles. The summed E-state index contributed by atoms with van der Waals surface area (Å²) in [7, 11) is 1.66. The minimum atomic E-state index is -0.266. The smallest absolute Gasteiger partial charge is 0.126 e. The van der Waals surface area contributed by atoms with E-state index in [1.165, 1.54) is 12.1 Å². The quantitative estimate of drug-likeness (QED) is 0.408. The molecule has 0 N–H and O–H groups in total. The van der Waals surface area contributed by atoms with Crippen molar-refractivity contribution in [3.05, 3.63) is 84.3 Å². The summed E-state index contributed by atoms with van der Waals surface area (Å²) >= 11 is 0. The first-order valence-corrected chi connectivity index (χ1v) is 9.59. The predicted molar refractivity (Wildman–Crippen MR) is 112 cm³/mol. The minimum absolute atomic E-state index is 0.102. The maximum absolute atomic E-state index is 13.2. The van der Waals surface area contributed by atoms with E-state index in [1.807, 2.05) is 36.4 Å². The van der Waals surface area contributed by atoms with Crippen LogP contribution in [0.3, 0.4) is 0 Å². The van der Waals surface area contributed by atoms with Crippen molar-refractivity contribution >= 4 is 10.9 Å². The lowest BCUT2D eigenvalue weighted by Crippen LogP contribution is -2.14. The topological polar surface area (TPSA) is 36.3 Å². The van der Waals surface area contributed by atoms with Crippen LogP contribution in [-0.2, 0) is 0 Å². The van der Waals surface area contributed by atoms with Crippen LogP contribution in [0.25, 0.3) is 16.6 Å². The summed E-state index contributed by atoms with van der Waals surface area (Å²) in [6.45, 7) is 4.27. The van der Waals surface area contributed by atoms with Crippen molar-refractivity contribution in [1.29, 1.82) is 0 Å². The van der Waals surface area contributed by atoms with Gasteiger partial charge in [0, 0.05) is 5.39 Å². The SMILES string of the molecule is COc1cccc([C@@H](Oc2ccc3c(cnn3-c3ccc(F)cc3)c2)C(C)C)c1. The number of benzene rings is 3. The van der Waals surface area contributed by atoms with Crippen molar-refractivity contribution in [2.45, 2.75) is 20.0 Å². The van der Waals surface area contributed by atoms with Crippen LogP contribution < -0.4 is 9.47 Å². The Hall–Kier alpha value is -3.34. The maximum atomic E-state index is 13.2. The van der Waals surface area contributed by atoms with Crippen molar-refractivity contribution in [2.24, 2.45) is 5.92 Å². The first kappa shape index (κ1) is 19.0. The van der Waals surface area contributed by atoms with E-state index >= 15 is 0 Å². The summed E-state index contributed by atoms with van der Waals surface area (Å²) in [5.74, 6) is 1.60. The van der Waals surface area contributed by atoms with E-state index in [0.29, 0.717) is 0 Å². The molecule has 0 saturated carbocycles. The molecule has 1 heterocycles. The first-order valence-electron chi connectivity index (χ1n) is 9.59. The Morgan fingerprint density at radius 2 is 1.72 bits per heavy atom. The zero-order chi connectivity index (χ0) is 20.4. The van der Waals surface area contributed by atoms with E-state index in [-0.39, 0.29) is 17.8 Å². The summed E-state index contributed by atoms with van der Waals surface area (Å²) in [5, 5.41) is 5.41. The van der Waals surface area contributed by atoms with Crippen LogP contribution >= 0.6 is 0 Å². The number of methoxy groups -OCH3 is 1. The monoisotopic (exact) mass is 390 g/mol. The Labute approximate surface area is 169 Å². The predicted octanol–water partition coefficient (Wildman–Crippen LogP) is 5.95. The summed E-state index contributed by atoms with van der Waals surface area (Å²) in [6, 6.07) is 20.2. The molecule has 1 atom stereocenters. The van der Waals surface area contributed by atoms with Gasteiger partial charge in [-0.05, 0) is 66.1 Å². The van der Waals surface area contributed by atoms with Crippen LogP contribution in [0.2, 0.25) is 0 Å². The van der Waals surface area contributed by atoms with Crippen molar-refractivity contribution in [3.8, 4) is 17.2 Å². The van der Waals surface area contributed by atoms with Gasteiger partial charge in [0.2, 0.25) is 0 Å². The zero-order valence-corrected chi connectivity index (χ0v) is 16.7. The van der Waals surface area contributed by atoms with Crippen LogP contribution in [0.1, 0.15) is 25.5 Å². The van der Waals surface area contributed by atoms with Gasteiger partial charge in [0.25, 0.3) is 0 Å². The number of aromatic nitrogens is 2. The zero-order valence-electron chi connectivity index (χ0n) is 16.7.